The van der Waals surface area contributed by atoms with Crippen LogP contribution in [-0.2, 0) is 0 Å². The second-order valence-electron chi connectivity index (χ2n) is 3.96. The summed E-state index contributed by atoms with van der Waals surface area (Å²) in [5.74, 6) is 0. The fourth-order valence-electron chi connectivity index (χ4n) is 1.46. The molecule has 1 aromatic rings. The summed E-state index contributed by atoms with van der Waals surface area (Å²) in [6.07, 6.45) is 1.10. The number of urea groups is 1. The van der Waals surface area contributed by atoms with Crippen molar-refractivity contribution in [2.75, 3.05) is 37.3 Å². The maximum Gasteiger partial charge on any atom is 0.319 e. The number of carbonyl (C=O) groups is 1. The Labute approximate surface area is 108 Å². The van der Waals surface area contributed by atoms with Crippen molar-refractivity contribution in [3.05, 3.63) is 24.3 Å². The van der Waals surface area contributed by atoms with Gasteiger partial charge in [0.05, 0.1) is 0 Å². The van der Waals surface area contributed by atoms with Crippen LogP contribution < -0.4 is 21.3 Å². The summed E-state index contributed by atoms with van der Waals surface area (Å²) >= 11 is 0. The van der Waals surface area contributed by atoms with E-state index in [1.807, 2.05) is 31.3 Å². The highest BCUT2D eigenvalue weighted by atomic mass is 16.2. The van der Waals surface area contributed by atoms with Crippen molar-refractivity contribution in [2.24, 2.45) is 0 Å². The quantitative estimate of drug-likeness (QED) is 0.558. The first-order chi connectivity index (χ1) is 8.76. The minimum Gasteiger partial charge on any atom is -0.388 e. The second-order valence-corrected chi connectivity index (χ2v) is 3.96. The van der Waals surface area contributed by atoms with Crippen molar-refractivity contribution in [3.8, 4) is 0 Å². The lowest BCUT2D eigenvalue weighted by Gasteiger charge is -2.08. The Bertz CT molecular complexity index is 351. The van der Waals surface area contributed by atoms with E-state index in [0.29, 0.717) is 6.54 Å². The predicted molar refractivity (Wildman–Crippen MR) is 76.2 cm³/mol. The number of carbonyl (C=O) groups excluding carboxylic acids is 1. The van der Waals surface area contributed by atoms with Crippen molar-refractivity contribution in [1.82, 2.24) is 10.6 Å². The largest absolute Gasteiger partial charge is 0.388 e. The van der Waals surface area contributed by atoms with Gasteiger partial charge < -0.3 is 21.3 Å². The highest BCUT2D eigenvalue weighted by Gasteiger charge is 2.00. The molecule has 0 heterocycles. The maximum absolute atomic E-state index is 11.5. The van der Waals surface area contributed by atoms with Gasteiger partial charge in [-0.2, -0.15) is 0 Å². The van der Waals surface area contributed by atoms with E-state index in [1.54, 1.807) is 0 Å². The van der Waals surface area contributed by atoms with E-state index in [0.717, 1.165) is 30.9 Å². The fourth-order valence-corrected chi connectivity index (χ4v) is 1.46. The first-order valence-corrected chi connectivity index (χ1v) is 6.29. The van der Waals surface area contributed by atoms with Gasteiger partial charge in [0.2, 0.25) is 0 Å². The van der Waals surface area contributed by atoms with Crippen LogP contribution in [0.3, 0.4) is 0 Å². The average Bonchev–Trinajstić information content (AvgIpc) is 2.39. The molecule has 0 aliphatic carbocycles. The Morgan fingerprint density at radius 1 is 1.06 bits per heavy atom. The monoisotopic (exact) mass is 250 g/mol. The van der Waals surface area contributed by atoms with Crippen LogP contribution in [0.2, 0.25) is 0 Å². The molecule has 0 aliphatic rings. The molecule has 100 valence electrons. The molecular formula is C13H22N4O. The van der Waals surface area contributed by atoms with Gasteiger partial charge in [0.25, 0.3) is 0 Å². The molecule has 2 amide bonds. The smallest absolute Gasteiger partial charge is 0.319 e. The van der Waals surface area contributed by atoms with Gasteiger partial charge in [0, 0.05) is 31.5 Å². The molecule has 0 saturated heterocycles. The van der Waals surface area contributed by atoms with Crippen molar-refractivity contribution < 1.29 is 4.79 Å². The number of nitrogens with one attached hydrogen (secondary N) is 4. The van der Waals surface area contributed by atoms with Gasteiger partial charge >= 0.3 is 6.03 Å². The molecule has 0 radical (unpaired) electrons. The standard InChI is InChI=1S/C13H22N4O/c1-3-8-15-9-10-16-13(18)17-12-6-4-11(14-2)5-7-12/h4-7,14-15H,3,8-10H2,1-2H3,(H2,16,17,18). The average molecular weight is 250 g/mol. The number of hydrogen-bond acceptors (Lipinski definition) is 3. The van der Waals surface area contributed by atoms with E-state index in [1.165, 1.54) is 0 Å². The minimum absolute atomic E-state index is 0.175. The third-order valence-electron chi connectivity index (χ3n) is 2.45. The lowest BCUT2D eigenvalue weighted by atomic mass is 10.3. The van der Waals surface area contributed by atoms with Crippen LogP contribution in [0.1, 0.15) is 13.3 Å². The molecule has 5 nitrogen and oxygen atoms in total. The summed E-state index contributed by atoms with van der Waals surface area (Å²) in [4.78, 5) is 11.5. The van der Waals surface area contributed by atoms with E-state index >= 15 is 0 Å². The van der Waals surface area contributed by atoms with Crippen LogP contribution in [0.4, 0.5) is 16.2 Å². The zero-order valence-electron chi connectivity index (χ0n) is 11.0. The van der Waals surface area contributed by atoms with Crippen molar-refractivity contribution >= 4 is 17.4 Å². The zero-order valence-corrected chi connectivity index (χ0v) is 11.0. The highest BCUT2D eigenvalue weighted by Crippen LogP contribution is 2.12. The highest BCUT2D eigenvalue weighted by molar-refractivity contribution is 5.89. The predicted octanol–water partition coefficient (Wildman–Crippen LogP) is 1.85. The first kappa shape index (κ1) is 14.3. The van der Waals surface area contributed by atoms with E-state index in [-0.39, 0.29) is 6.03 Å². The topological polar surface area (TPSA) is 65.2 Å². The third kappa shape index (κ3) is 5.54. The van der Waals surface area contributed by atoms with Crippen LogP contribution in [0.25, 0.3) is 0 Å². The van der Waals surface area contributed by atoms with Crippen LogP contribution >= 0.6 is 0 Å². The Kier molecular flexibility index (Phi) is 6.64. The molecule has 0 aliphatic heterocycles. The number of benzene rings is 1. The summed E-state index contributed by atoms with van der Waals surface area (Å²) in [7, 11) is 1.86. The normalized spacial score (nSPS) is 9.89. The van der Waals surface area contributed by atoms with E-state index in [4.69, 9.17) is 0 Å². The van der Waals surface area contributed by atoms with E-state index in [2.05, 4.69) is 28.2 Å². The van der Waals surface area contributed by atoms with Crippen LogP contribution in [-0.4, -0.2) is 32.7 Å². The Hall–Kier alpha value is -1.75. The molecule has 5 heteroatoms. The van der Waals surface area contributed by atoms with Crippen LogP contribution in [0.5, 0.6) is 0 Å². The van der Waals surface area contributed by atoms with Gasteiger partial charge in [-0.15, -0.1) is 0 Å². The summed E-state index contributed by atoms with van der Waals surface area (Å²) in [5.41, 5.74) is 1.80. The molecule has 18 heavy (non-hydrogen) atoms. The summed E-state index contributed by atoms with van der Waals surface area (Å²) in [6, 6.07) is 7.38. The fraction of sp³-hybridized carbons (Fsp3) is 0.462. The van der Waals surface area contributed by atoms with Gasteiger partial charge in [-0.05, 0) is 37.2 Å². The Balaban J connectivity index is 2.22. The van der Waals surface area contributed by atoms with Gasteiger partial charge in [0.15, 0.2) is 0 Å². The molecule has 0 spiro atoms. The molecule has 0 fully saturated rings. The number of anilines is 2. The van der Waals surface area contributed by atoms with Gasteiger partial charge in [-0.3, -0.25) is 0 Å². The summed E-state index contributed by atoms with van der Waals surface area (Å²) in [5, 5.41) is 11.8. The number of rotatable bonds is 7. The molecule has 4 N–H and O–H groups in total. The van der Waals surface area contributed by atoms with Crippen molar-refractivity contribution in [2.45, 2.75) is 13.3 Å². The molecule has 0 atom stereocenters. The van der Waals surface area contributed by atoms with Gasteiger partial charge in [0.1, 0.15) is 0 Å². The lowest BCUT2D eigenvalue weighted by Crippen LogP contribution is -2.34. The van der Waals surface area contributed by atoms with E-state index in [9.17, 15) is 4.79 Å². The van der Waals surface area contributed by atoms with Gasteiger partial charge in [-0.25, -0.2) is 4.79 Å². The summed E-state index contributed by atoms with van der Waals surface area (Å²) in [6.45, 7) is 4.51. The molecule has 0 bridgehead atoms. The molecular weight excluding hydrogens is 228 g/mol. The molecule has 0 unspecified atom stereocenters. The Morgan fingerprint density at radius 3 is 2.33 bits per heavy atom. The molecule has 0 saturated carbocycles. The second kappa shape index (κ2) is 8.36. The first-order valence-electron chi connectivity index (χ1n) is 6.29. The van der Waals surface area contributed by atoms with Crippen LogP contribution in [0, 0.1) is 0 Å². The number of hydrogen-bond donors (Lipinski definition) is 4. The maximum atomic E-state index is 11.5. The molecule has 0 aromatic heterocycles. The van der Waals surface area contributed by atoms with Crippen molar-refractivity contribution in [3.63, 3.8) is 0 Å². The SMILES string of the molecule is CCCNCCNC(=O)Nc1ccc(NC)cc1. The van der Waals surface area contributed by atoms with Crippen LogP contribution in [0.15, 0.2) is 24.3 Å². The molecule has 1 aromatic carbocycles. The van der Waals surface area contributed by atoms with E-state index < -0.39 is 0 Å². The zero-order chi connectivity index (χ0) is 13.2. The number of amides is 2. The van der Waals surface area contributed by atoms with Gasteiger partial charge in [-0.1, -0.05) is 6.92 Å². The Morgan fingerprint density at radius 2 is 1.72 bits per heavy atom. The summed E-state index contributed by atoms with van der Waals surface area (Å²) < 4.78 is 0. The molecule has 1 rings (SSSR count). The lowest BCUT2D eigenvalue weighted by molar-refractivity contribution is 0.252. The minimum atomic E-state index is -0.175. The third-order valence-corrected chi connectivity index (χ3v) is 2.45. The van der Waals surface area contributed by atoms with Crippen molar-refractivity contribution in [1.29, 1.82) is 0 Å².